The number of urea groups is 1. The monoisotopic (exact) mass is 376 g/mol. The zero-order valence-corrected chi connectivity index (χ0v) is 16.4. The minimum Gasteiger partial charge on any atom is -0.376 e. The number of hydrogen-bond acceptors (Lipinski definition) is 4. The second-order valence-corrected chi connectivity index (χ2v) is 6.89. The number of amides is 3. The molecule has 0 aliphatic heterocycles. The molecule has 1 aromatic heterocycles. The minimum absolute atomic E-state index is 0.0369. The summed E-state index contributed by atoms with van der Waals surface area (Å²) in [4.78, 5) is 28.8. The van der Waals surface area contributed by atoms with Gasteiger partial charge in [0.1, 0.15) is 0 Å². The first kappa shape index (κ1) is 21.2. The van der Waals surface area contributed by atoms with Gasteiger partial charge in [0.25, 0.3) is 0 Å². The molecule has 150 valence electrons. The second kappa shape index (κ2) is 11.5. The molecule has 0 saturated heterocycles. The first-order chi connectivity index (χ1) is 13.1. The van der Waals surface area contributed by atoms with E-state index in [9.17, 15) is 9.59 Å². The Kier molecular flexibility index (Phi) is 9.04. The molecule has 1 heterocycles. The van der Waals surface area contributed by atoms with Crippen LogP contribution < -0.4 is 16.0 Å². The average molecular weight is 377 g/mol. The van der Waals surface area contributed by atoms with Gasteiger partial charge < -0.3 is 20.7 Å². The molecule has 3 N–H and O–H groups in total. The molecule has 0 radical (unpaired) electrons. The lowest BCUT2D eigenvalue weighted by atomic mass is 9.83. The van der Waals surface area contributed by atoms with Crippen molar-refractivity contribution >= 4 is 11.9 Å². The molecule has 0 aromatic carbocycles. The standard InChI is InChI=1S/C20H32N4O3/c1-3-13-27-18-9-8-15(14-17(18)24-20(26)21-4-2)19(25)23-12-10-16-7-5-6-11-22-16/h5-7,11,15,17-18H,3-4,8-10,12-14H2,1-2H3,(H,23,25)(H2,21,24,26)/t15-,17+,18+/m0/s1. The molecular formula is C20H32N4O3. The van der Waals surface area contributed by atoms with Gasteiger partial charge >= 0.3 is 6.03 Å². The number of carbonyl (C=O) groups excluding carboxylic acids is 2. The van der Waals surface area contributed by atoms with E-state index in [1.807, 2.05) is 25.1 Å². The van der Waals surface area contributed by atoms with E-state index >= 15 is 0 Å². The van der Waals surface area contributed by atoms with Crippen LogP contribution in [0, 0.1) is 5.92 Å². The molecule has 1 aliphatic rings. The van der Waals surface area contributed by atoms with Crippen molar-refractivity contribution in [3.8, 4) is 0 Å². The summed E-state index contributed by atoms with van der Waals surface area (Å²) in [6.45, 7) is 5.74. The van der Waals surface area contributed by atoms with Crippen molar-refractivity contribution in [1.82, 2.24) is 20.9 Å². The van der Waals surface area contributed by atoms with E-state index in [-0.39, 0.29) is 30.0 Å². The third-order valence-electron chi connectivity index (χ3n) is 4.75. The van der Waals surface area contributed by atoms with Crippen LogP contribution in [0.25, 0.3) is 0 Å². The summed E-state index contributed by atoms with van der Waals surface area (Å²) >= 11 is 0. The summed E-state index contributed by atoms with van der Waals surface area (Å²) in [7, 11) is 0. The van der Waals surface area contributed by atoms with E-state index in [2.05, 4.69) is 27.9 Å². The van der Waals surface area contributed by atoms with Gasteiger partial charge in [-0.15, -0.1) is 0 Å². The number of pyridine rings is 1. The average Bonchev–Trinajstić information content (AvgIpc) is 2.68. The zero-order valence-electron chi connectivity index (χ0n) is 16.4. The lowest BCUT2D eigenvalue weighted by Crippen LogP contribution is -2.53. The Morgan fingerprint density at radius 3 is 2.78 bits per heavy atom. The molecule has 2 rings (SSSR count). The van der Waals surface area contributed by atoms with E-state index in [1.165, 1.54) is 0 Å². The molecule has 1 saturated carbocycles. The van der Waals surface area contributed by atoms with Gasteiger partial charge in [-0.25, -0.2) is 4.79 Å². The molecule has 0 unspecified atom stereocenters. The highest BCUT2D eigenvalue weighted by Crippen LogP contribution is 2.27. The van der Waals surface area contributed by atoms with E-state index in [0.717, 1.165) is 25.0 Å². The van der Waals surface area contributed by atoms with E-state index in [0.29, 0.717) is 32.5 Å². The number of aromatic nitrogens is 1. The lowest BCUT2D eigenvalue weighted by molar-refractivity contribution is -0.127. The Balaban J connectivity index is 1.85. The first-order valence-corrected chi connectivity index (χ1v) is 9.97. The van der Waals surface area contributed by atoms with E-state index in [1.54, 1.807) is 6.20 Å². The Hall–Kier alpha value is -2.15. The summed E-state index contributed by atoms with van der Waals surface area (Å²) in [5.41, 5.74) is 0.963. The Morgan fingerprint density at radius 2 is 2.07 bits per heavy atom. The second-order valence-electron chi connectivity index (χ2n) is 6.89. The number of rotatable bonds is 9. The molecule has 1 fully saturated rings. The largest absolute Gasteiger partial charge is 0.376 e. The predicted octanol–water partition coefficient (Wildman–Crippen LogP) is 2.02. The van der Waals surface area contributed by atoms with Gasteiger partial charge in [0.2, 0.25) is 5.91 Å². The Morgan fingerprint density at radius 1 is 1.22 bits per heavy atom. The van der Waals surface area contributed by atoms with Crippen molar-refractivity contribution in [2.75, 3.05) is 19.7 Å². The van der Waals surface area contributed by atoms with Gasteiger partial charge in [-0.2, -0.15) is 0 Å². The normalized spacial score (nSPS) is 22.1. The van der Waals surface area contributed by atoms with Crippen molar-refractivity contribution in [1.29, 1.82) is 0 Å². The van der Waals surface area contributed by atoms with Crippen LogP contribution in [0.3, 0.4) is 0 Å². The van der Waals surface area contributed by atoms with Crippen LogP contribution in [0.1, 0.15) is 45.2 Å². The van der Waals surface area contributed by atoms with E-state index < -0.39 is 0 Å². The number of nitrogens with one attached hydrogen (secondary N) is 3. The molecule has 1 aliphatic carbocycles. The summed E-state index contributed by atoms with van der Waals surface area (Å²) in [6, 6.07) is 5.42. The summed E-state index contributed by atoms with van der Waals surface area (Å²) < 4.78 is 5.91. The van der Waals surface area contributed by atoms with Crippen molar-refractivity contribution in [3.63, 3.8) is 0 Å². The molecule has 0 spiro atoms. The molecule has 7 heteroatoms. The fourth-order valence-corrected chi connectivity index (χ4v) is 3.39. The quantitative estimate of drug-likeness (QED) is 0.615. The Bertz CT molecular complexity index is 582. The van der Waals surface area contributed by atoms with E-state index in [4.69, 9.17) is 4.74 Å². The number of nitrogens with zero attached hydrogens (tertiary/aromatic N) is 1. The highest BCUT2D eigenvalue weighted by Gasteiger charge is 2.35. The third-order valence-corrected chi connectivity index (χ3v) is 4.75. The molecule has 3 amide bonds. The lowest BCUT2D eigenvalue weighted by Gasteiger charge is -2.35. The SMILES string of the molecule is CCCO[C@@H]1CC[C@H](C(=O)NCCc2ccccn2)C[C@H]1NC(=O)NCC. The minimum atomic E-state index is -0.205. The summed E-state index contributed by atoms with van der Waals surface area (Å²) in [6.07, 6.45) is 5.51. The van der Waals surface area contributed by atoms with Crippen molar-refractivity contribution in [3.05, 3.63) is 30.1 Å². The third kappa shape index (κ3) is 7.17. The molecule has 27 heavy (non-hydrogen) atoms. The maximum absolute atomic E-state index is 12.6. The van der Waals surface area contributed by atoms with Crippen molar-refractivity contribution < 1.29 is 14.3 Å². The van der Waals surface area contributed by atoms with Gasteiger partial charge in [-0.3, -0.25) is 9.78 Å². The van der Waals surface area contributed by atoms with Crippen molar-refractivity contribution in [2.24, 2.45) is 5.92 Å². The fraction of sp³-hybridized carbons (Fsp3) is 0.650. The molecular weight excluding hydrogens is 344 g/mol. The van der Waals surface area contributed by atoms with Crippen LogP contribution in [0.2, 0.25) is 0 Å². The molecule has 7 nitrogen and oxygen atoms in total. The highest BCUT2D eigenvalue weighted by molar-refractivity contribution is 5.79. The topological polar surface area (TPSA) is 92.3 Å². The summed E-state index contributed by atoms with van der Waals surface area (Å²) in [5, 5.41) is 8.74. The molecule has 0 bridgehead atoms. The highest BCUT2D eigenvalue weighted by atomic mass is 16.5. The molecule has 3 atom stereocenters. The van der Waals surface area contributed by atoms with Gasteiger partial charge in [-0.1, -0.05) is 13.0 Å². The maximum atomic E-state index is 12.6. The zero-order chi connectivity index (χ0) is 19.5. The number of carbonyl (C=O) groups is 2. The van der Waals surface area contributed by atoms with Gasteiger partial charge in [-0.05, 0) is 44.7 Å². The van der Waals surface area contributed by atoms with Crippen LogP contribution in [-0.4, -0.2) is 48.8 Å². The van der Waals surface area contributed by atoms with Crippen LogP contribution in [-0.2, 0) is 16.0 Å². The predicted molar refractivity (Wildman–Crippen MR) is 104 cm³/mol. The summed E-state index contributed by atoms with van der Waals surface area (Å²) in [5.74, 6) is -0.0651. The fourth-order valence-electron chi connectivity index (χ4n) is 3.39. The first-order valence-electron chi connectivity index (χ1n) is 9.97. The van der Waals surface area contributed by atoms with Crippen LogP contribution in [0.5, 0.6) is 0 Å². The smallest absolute Gasteiger partial charge is 0.315 e. The van der Waals surface area contributed by atoms with Gasteiger partial charge in [0, 0.05) is 43.9 Å². The van der Waals surface area contributed by atoms with Crippen molar-refractivity contribution in [2.45, 2.75) is 58.1 Å². The number of ether oxygens (including phenoxy) is 1. The van der Waals surface area contributed by atoms with Gasteiger partial charge in [0.15, 0.2) is 0 Å². The van der Waals surface area contributed by atoms with Crippen LogP contribution >= 0.6 is 0 Å². The molecule has 1 aromatic rings. The van der Waals surface area contributed by atoms with Crippen LogP contribution in [0.15, 0.2) is 24.4 Å². The maximum Gasteiger partial charge on any atom is 0.315 e. The van der Waals surface area contributed by atoms with Gasteiger partial charge in [0.05, 0.1) is 12.1 Å². The van der Waals surface area contributed by atoms with Crippen LogP contribution in [0.4, 0.5) is 4.79 Å². The Labute approximate surface area is 161 Å². The number of hydrogen-bond donors (Lipinski definition) is 3.